The minimum Gasteiger partial charge on any atom is -0.245 e. The van der Waals surface area contributed by atoms with Crippen molar-refractivity contribution < 1.29 is 0 Å². The van der Waals surface area contributed by atoms with E-state index in [9.17, 15) is 4.79 Å². The predicted molar refractivity (Wildman–Crippen MR) is 69.9 cm³/mol. The Hall–Kier alpha value is -2.49. The van der Waals surface area contributed by atoms with E-state index in [1.165, 1.54) is 0 Å². The highest BCUT2D eigenvalue weighted by molar-refractivity contribution is 5.75. The lowest BCUT2D eigenvalue weighted by Gasteiger charge is -2.10. The Morgan fingerprint density at radius 2 is 1.89 bits per heavy atom. The molecule has 0 N–H and O–H groups in total. The summed E-state index contributed by atoms with van der Waals surface area (Å²) < 4.78 is 1.55. The summed E-state index contributed by atoms with van der Waals surface area (Å²) in [6, 6.07) is 11.4. The summed E-state index contributed by atoms with van der Waals surface area (Å²) >= 11 is 0. The summed E-state index contributed by atoms with van der Waals surface area (Å²) in [5, 5.41) is 0.848. The Bertz CT molecular complexity index is 777. The topological polar surface area (TPSA) is 47.8 Å². The average Bonchev–Trinajstić information content (AvgIpc) is 2.40. The van der Waals surface area contributed by atoms with E-state index < -0.39 is 0 Å². The van der Waals surface area contributed by atoms with Crippen LogP contribution in [0, 0.1) is 6.92 Å². The van der Waals surface area contributed by atoms with Crippen molar-refractivity contribution in [2.24, 2.45) is 0 Å². The maximum Gasteiger partial charge on any atom is 0.353 e. The van der Waals surface area contributed by atoms with Crippen molar-refractivity contribution in [1.82, 2.24) is 14.5 Å². The Kier molecular flexibility index (Phi) is 2.41. The number of nitrogens with zero attached hydrogens (tertiary/aromatic N) is 3. The average molecular weight is 237 g/mol. The molecule has 0 saturated heterocycles. The fourth-order valence-corrected chi connectivity index (χ4v) is 2.00. The number of benzene rings is 1. The van der Waals surface area contributed by atoms with E-state index in [1.54, 1.807) is 17.0 Å². The molecule has 0 radical (unpaired) electrons. The third kappa shape index (κ3) is 1.59. The first-order valence-corrected chi connectivity index (χ1v) is 5.66. The van der Waals surface area contributed by atoms with Gasteiger partial charge in [0.15, 0.2) is 0 Å². The number of aromatic nitrogens is 3. The van der Waals surface area contributed by atoms with Gasteiger partial charge in [0.2, 0.25) is 0 Å². The molecule has 0 unspecified atom stereocenters. The van der Waals surface area contributed by atoms with Crippen molar-refractivity contribution in [3.8, 4) is 5.69 Å². The molecule has 3 rings (SSSR count). The molecular weight excluding hydrogens is 226 g/mol. The van der Waals surface area contributed by atoms with Gasteiger partial charge in [-0.05, 0) is 30.7 Å². The second-order valence-electron chi connectivity index (χ2n) is 4.08. The lowest BCUT2D eigenvalue weighted by molar-refractivity contribution is 0.933. The van der Waals surface area contributed by atoms with Gasteiger partial charge >= 0.3 is 5.69 Å². The van der Waals surface area contributed by atoms with Crippen molar-refractivity contribution in [3.05, 3.63) is 64.8 Å². The highest BCUT2D eigenvalue weighted by Gasteiger charge is 2.08. The first-order valence-electron chi connectivity index (χ1n) is 5.66. The molecule has 0 aliphatic rings. The van der Waals surface area contributed by atoms with Crippen LogP contribution in [-0.4, -0.2) is 14.5 Å². The lowest BCUT2D eigenvalue weighted by Crippen LogP contribution is -2.22. The van der Waals surface area contributed by atoms with E-state index in [4.69, 9.17) is 0 Å². The van der Waals surface area contributed by atoms with Crippen molar-refractivity contribution in [2.75, 3.05) is 0 Å². The molecule has 4 heteroatoms. The zero-order valence-electron chi connectivity index (χ0n) is 9.87. The van der Waals surface area contributed by atoms with Crippen LogP contribution in [0.2, 0.25) is 0 Å². The minimum atomic E-state index is -0.310. The van der Waals surface area contributed by atoms with Gasteiger partial charge in [0.25, 0.3) is 0 Å². The summed E-state index contributed by atoms with van der Waals surface area (Å²) in [4.78, 5) is 20.2. The third-order valence-corrected chi connectivity index (χ3v) is 2.89. The Labute approximate surface area is 104 Å². The summed E-state index contributed by atoms with van der Waals surface area (Å²) in [7, 11) is 0. The van der Waals surface area contributed by atoms with Crippen LogP contribution in [0.3, 0.4) is 0 Å². The lowest BCUT2D eigenvalue weighted by atomic mass is 10.2. The van der Waals surface area contributed by atoms with E-state index in [0.717, 1.165) is 16.6 Å². The van der Waals surface area contributed by atoms with Crippen LogP contribution in [0.1, 0.15) is 5.56 Å². The maximum absolute atomic E-state index is 12.0. The molecule has 0 amide bonds. The number of aryl methyl sites for hydroxylation is 1. The van der Waals surface area contributed by atoms with Crippen LogP contribution in [0.15, 0.2) is 53.6 Å². The Balaban J connectivity index is 2.46. The molecule has 0 aliphatic heterocycles. The Morgan fingerprint density at radius 1 is 1.06 bits per heavy atom. The van der Waals surface area contributed by atoms with Crippen LogP contribution < -0.4 is 5.69 Å². The van der Waals surface area contributed by atoms with Gasteiger partial charge in [0.1, 0.15) is 5.65 Å². The van der Waals surface area contributed by atoms with Crippen LogP contribution in [0.4, 0.5) is 0 Å². The number of hydrogen-bond acceptors (Lipinski definition) is 3. The first kappa shape index (κ1) is 10.7. The van der Waals surface area contributed by atoms with Gasteiger partial charge in [-0.1, -0.05) is 18.2 Å². The second kappa shape index (κ2) is 4.07. The van der Waals surface area contributed by atoms with E-state index >= 15 is 0 Å². The fourth-order valence-electron chi connectivity index (χ4n) is 2.00. The molecule has 0 saturated carbocycles. The van der Waals surface area contributed by atoms with Crippen molar-refractivity contribution in [1.29, 1.82) is 0 Å². The molecule has 88 valence electrons. The zero-order chi connectivity index (χ0) is 12.5. The second-order valence-corrected chi connectivity index (χ2v) is 4.08. The fraction of sp³-hybridized carbons (Fsp3) is 0.0714. The van der Waals surface area contributed by atoms with Gasteiger partial charge in [-0.15, -0.1) is 0 Å². The molecule has 0 aliphatic carbocycles. The van der Waals surface area contributed by atoms with Crippen LogP contribution >= 0.6 is 0 Å². The predicted octanol–water partition coefficient (Wildman–Crippen LogP) is 2.09. The largest absolute Gasteiger partial charge is 0.353 e. The Morgan fingerprint density at radius 3 is 2.72 bits per heavy atom. The molecule has 1 aromatic carbocycles. The van der Waals surface area contributed by atoms with Crippen LogP contribution in [0.5, 0.6) is 0 Å². The normalized spacial score (nSPS) is 10.7. The maximum atomic E-state index is 12.0. The molecule has 4 nitrogen and oxygen atoms in total. The standard InChI is InChI=1S/C14H11N3O/c1-10-5-2-3-7-12(10)17-13-11(6-4-8-15-13)9-16-14(17)18/h2-9H,1H3. The minimum absolute atomic E-state index is 0.310. The van der Waals surface area contributed by atoms with E-state index in [1.807, 2.05) is 43.3 Å². The summed E-state index contributed by atoms with van der Waals surface area (Å²) in [5.74, 6) is 0. The van der Waals surface area contributed by atoms with Gasteiger partial charge in [-0.3, -0.25) is 0 Å². The highest BCUT2D eigenvalue weighted by atomic mass is 16.1. The molecule has 3 aromatic rings. The van der Waals surface area contributed by atoms with Crippen LogP contribution in [-0.2, 0) is 0 Å². The molecular formula is C14H11N3O. The number of para-hydroxylation sites is 1. The van der Waals surface area contributed by atoms with Gasteiger partial charge in [-0.2, -0.15) is 0 Å². The number of pyridine rings is 1. The van der Waals surface area contributed by atoms with Crippen molar-refractivity contribution >= 4 is 11.0 Å². The quantitative estimate of drug-likeness (QED) is 0.651. The molecule has 18 heavy (non-hydrogen) atoms. The van der Waals surface area contributed by atoms with Gasteiger partial charge < -0.3 is 0 Å². The molecule has 2 aromatic heterocycles. The monoisotopic (exact) mass is 237 g/mol. The number of hydrogen-bond donors (Lipinski definition) is 0. The van der Waals surface area contributed by atoms with E-state index in [-0.39, 0.29) is 5.69 Å². The molecule has 0 bridgehead atoms. The zero-order valence-corrected chi connectivity index (χ0v) is 9.87. The molecule has 2 heterocycles. The summed E-state index contributed by atoms with van der Waals surface area (Å²) in [6.07, 6.45) is 3.23. The van der Waals surface area contributed by atoms with Gasteiger partial charge in [0, 0.05) is 17.8 Å². The van der Waals surface area contributed by atoms with Crippen molar-refractivity contribution in [3.63, 3.8) is 0 Å². The van der Waals surface area contributed by atoms with Gasteiger partial charge in [0.05, 0.1) is 5.69 Å². The number of fused-ring (bicyclic) bond motifs is 1. The van der Waals surface area contributed by atoms with Crippen LogP contribution in [0.25, 0.3) is 16.7 Å². The van der Waals surface area contributed by atoms with E-state index in [2.05, 4.69) is 9.97 Å². The molecule has 0 spiro atoms. The van der Waals surface area contributed by atoms with Gasteiger partial charge in [-0.25, -0.2) is 19.3 Å². The van der Waals surface area contributed by atoms with Crippen molar-refractivity contribution in [2.45, 2.75) is 6.92 Å². The number of rotatable bonds is 1. The highest BCUT2D eigenvalue weighted by Crippen LogP contribution is 2.15. The summed E-state index contributed by atoms with van der Waals surface area (Å²) in [5.41, 5.74) is 2.15. The third-order valence-electron chi connectivity index (χ3n) is 2.89. The molecule has 0 fully saturated rings. The molecule has 0 atom stereocenters. The SMILES string of the molecule is Cc1ccccc1-n1c(=O)ncc2cccnc21. The first-order chi connectivity index (χ1) is 8.77. The van der Waals surface area contributed by atoms with E-state index in [0.29, 0.717) is 5.65 Å². The summed E-state index contributed by atoms with van der Waals surface area (Å²) in [6.45, 7) is 1.96. The smallest absolute Gasteiger partial charge is 0.245 e.